The summed E-state index contributed by atoms with van der Waals surface area (Å²) in [5, 5.41) is 8.64. The molecule has 14 heavy (non-hydrogen) atoms. The number of thioether (sulfide) groups is 1. The molecule has 0 aliphatic rings. The smallest absolute Gasteiger partial charge is 0.151 e. The molecule has 0 radical (unpaired) electrons. The van der Waals surface area contributed by atoms with Crippen LogP contribution in [0, 0.1) is 0 Å². The number of hydrogen-bond donors (Lipinski definition) is 1. The molecule has 3 nitrogen and oxygen atoms in total. The predicted octanol–water partition coefficient (Wildman–Crippen LogP) is 1.40. The van der Waals surface area contributed by atoms with Crippen molar-refractivity contribution in [2.45, 2.75) is 4.90 Å². The van der Waals surface area contributed by atoms with E-state index in [9.17, 15) is 9.59 Å². The molecule has 0 spiro atoms. The van der Waals surface area contributed by atoms with Gasteiger partial charge in [-0.15, -0.1) is 11.8 Å². The molecule has 0 heterocycles. The molecule has 4 heteroatoms. The molecule has 0 amide bonds. The van der Waals surface area contributed by atoms with E-state index in [0.29, 0.717) is 29.5 Å². The van der Waals surface area contributed by atoms with E-state index in [4.69, 9.17) is 5.11 Å². The van der Waals surface area contributed by atoms with Crippen LogP contribution < -0.4 is 0 Å². The summed E-state index contributed by atoms with van der Waals surface area (Å²) in [7, 11) is 0. The second-order valence-corrected chi connectivity index (χ2v) is 3.70. The maximum atomic E-state index is 10.7. The van der Waals surface area contributed by atoms with Gasteiger partial charge in [0.1, 0.15) is 0 Å². The molecule has 0 saturated heterocycles. The lowest BCUT2D eigenvalue weighted by Crippen LogP contribution is -1.95. The first-order valence-electron chi connectivity index (χ1n) is 4.10. The second kappa shape index (κ2) is 5.57. The summed E-state index contributed by atoms with van der Waals surface area (Å²) in [6.07, 6.45) is 1.33. The minimum atomic E-state index is 0.0499. The van der Waals surface area contributed by atoms with E-state index < -0.39 is 0 Å². The third-order valence-corrected chi connectivity index (χ3v) is 2.75. The molecule has 1 N–H and O–H groups in total. The quantitative estimate of drug-likeness (QED) is 0.589. The highest BCUT2D eigenvalue weighted by Crippen LogP contribution is 2.23. The SMILES string of the molecule is O=Cc1cccc(SCCO)c1C=O. The molecule has 0 bridgehead atoms. The van der Waals surface area contributed by atoms with Gasteiger partial charge in [0, 0.05) is 21.8 Å². The Morgan fingerprint density at radius 2 is 2.07 bits per heavy atom. The van der Waals surface area contributed by atoms with E-state index in [0.717, 1.165) is 4.90 Å². The Kier molecular flexibility index (Phi) is 4.35. The summed E-state index contributed by atoms with van der Waals surface area (Å²) >= 11 is 1.36. The van der Waals surface area contributed by atoms with Crippen molar-refractivity contribution in [1.29, 1.82) is 0 Å². The lowest BCUT2D eigenvalue weighted by Gasteiger charge is -2.04. The highest BCUT2D eigenvalue weighted by atomic mass is 32.2. The maximum absolute atomic E-state index is 10.7. The van der Waals surface area contributed by atoms with Crippen LogP contribution in [-0.4, -0.2) is 30.0 Å². The Bertz CT molecular complexity index is 336. The van der Waals surface area contributed by atoms with Crippen LogP contribution in [0.3, 0.4) is 0 Å². The zero-order chi connectivity index (χ0) is 10.4. The molecular formula is C10H10O3S. The van der Waals surface area contributed by atoms with Crippen molar-refractivity contribution in [1.82, 2.24) is 0 Å². The van der Waals surface area contributed by atoms with Gasteiger partial charge in [-0.3, -0.25) is 9.59 Å². The monoisotopic (exact) mass is 210 g/mol. The van der Waals surface area contributed by atoms with E-state index in [1.807, 2.05) is 0 Å². The van der Waals surface area contributed by atoms with Crippen molar-refractivity contribution in [3.05, 3.63) is 29.3 Å². The Labute approximate surface area is 86.1 Å². The molecule has 0 fully saturated rings. The van der Waals surface area contributed by atoms with Crippen molar-refractivity contribution in [3.8, 4) is 0 Å². The minimum absolute atomic E-state index is 0.0499. The molecule has 1 aromatic rings. The van der Waals surface area contributed by atoms with Gasteiger partial charge in [0.2, 0.25) is 0 Å². The number of benzene rings is 1. The Hall–Kier alpha value is -1.13. The third-order valence-electron chi connectivity index (χ3n) is 1.69. The summed E-state index contributed by atoms with van der Waals surface area (Å²) in [5.74, 6) is 0.517. The number of aldehydes is 2. The summed E-state index contributed by atoms with van der Waals surface area (Å²) < 4.78 is 0. The molecule has 0 atom stereocenters. The van der Waals surface area contributed by atoms with Gasteiger partial charge in [-0.25, -0.2) is 0 Å². The molecule has 0 aliphatic heterocycles. The van der Waals surface area contributed by atoms with Crippen LogP contribution in [0.25, 0.3) is 0 Å². The van der Waals surface area contributed by atoms with E-state index >= 15 is 0 Å². The topological polar surface area (TPSA) is 54.4 Å². The average Bonchev–Trinajstić information content (AvgIpc) is 2.25. The first kappa shape index (κ1) is 10.9. The van der Waals surface area contributed by atoms with Crippen molar-refractivity contribution in [2.24, 2.45) is 0 Å². The highest BCUT2D eigenvalue weighted by molar-refractivity contribution is 7.99. The molecule has 0 saturated carbocycles. The standard InChI is InChI=1S/C10H10O3S/c11-4-5-14-10-3-1-2-8(6-12)9(10)7-13/h1-3,6-7,11H,4-5H2. The number of aliphatic hydroxyl groups excluding tert-OH is 1. The van der Waals surface area contributed by atoms with Crippen LogP contribution in [0.2, 0.25) is 0 Å². The molecular weight excluding hydrogens is 200 g/mol. The number of aliphatic hydroxyl groups is 1. The van der Waals surface area contributed by atoms with Crippen molar-refractivity contribution >= 4 is 24.3 Å². The van der Waals surface area contributed by atoms with Gasteiger partial charge in [-0.2, -0.15) is 0 Å². The van der Waals surface area contributed by atoms with Gasteiger partial charge < -0.3 is 5.11 Å². The summed E-state index contributed by atoms with van der Waals surface area (Å²) in [6.45, 7) is 0.0499. The molecule has 0 aromatic heterocycles. The predicted molar refractivity (Wildman–Crippen MR) is 55.0 cm³/mol. The molecule has 0 aliphatic carbocycles. The van der Waals surface area contributed by atoms with Crippen LogP contribution in [0.15, 0.2) is 23.1 Å². The Balaban J connectivity index is 3.02. The maximum Gasteiger partial charge on any atom is 0.151 e. The lowest BCUT2D eigenvalue weighted by atomic mass is 10.1. The van der Waals surface area contributed by atoms with Gasteiger partial charge in [0.25, 0.3) is 0 Å². The van der Waals surface area contributed by atoms with E-state index in [1.54, 1.807) is 18.2 Å². The van der Waals surface area contributed by atoms with E-state index in [1.165, 1.54) is 11.8 Å². The van der Waals surface area contributed by atoms with Gasteiger partial charge in [0.15, 0.2) is 12.6 Å². The summed E-state index contributed by atoms with van der Waals surface area (Å²) in [5.41, 5.74) is 0.795. The van der Waals surface area contributed by atoms with Crippen LogP contribution >= 0.6 is 11.8 Å². The van der Waals surface area contributed by atoms with Crippen molar-refractivity contribution in [3.63, 3.8) is 0 Å². The molecule has 74 valence electrons. The second-order valence-electron chi connectivity index (χ2n) is 2.57. The summed E-state index contributed by atoms with van der Waals surface area (Å²) in [6, 6.07) is 5.08. The number of hydrogen-bond acceptors (Lipinski definition) is 4. The number of rotatable bonds is 5. The zero-order valence-corrected chi connectivity index (χ0v) is 8.29. The average molecular weight is 210 g/mol. The first-order valence-corrected chi connectivity index (χ1v) is 5.09. The van der Waals surface area contributed by atoms with E-state index in [2.05, 4.69) is 0 Å². The van der Waals surface area contributed by atoms with Gasteiger partial charge in [0.05, 0.1) is 6.61 Å². The normalized spacial score (nSPS) is 9.79. The molecule has 1 aromatic carbocycles. The Morgan fingerprint density at radius 3 is 2.64 bits per heavy atom. The van der Waals surface area contributed by atoms with Gasteiger partial charge in [-0.1, -0.05) is 12.1 Å². The van der Waals surface area contributed by atoms with Crippen LogP contribution in [0.5, 0.6) is 0 Å². The zero-order valence-electron chi connectivity index (χ0n) is 7.47. The number of carbonyl (C=O) groups excluding carboxylic acids is 2. The third kappa shape index (κ3) is 2.43. The van der Waals surface area contributed by atoms with Crippen LogP contribution in [0.4, 0.5) is 0 Å². The first-order chi connectivity index (χ1) is 6.83. The van der Waals surface area contributed by atoms with Crippen LogP contribution in [0.1, 0.15) is 20.7 Å². The fraction of sp³-hybridized carbons (Fsp3) is 0.200. The molecule has 0 unspecified atom stereocenters. The van der Waals surface area contributed by atoms with Crippen molar-refractivity contribution in [2.75, 3.05) is 12.4 Å². The van der Waals surface area contributed by atoms with Crippen molar-refractivity contribution < 1.29 is 14.7 Å². The van der Waals surface area contributed by atoms with E-state index in [-0.39, 0.29) is 6.61 Å². The number of carbonyl (C=O) groups is 2. The lowest BCUT2D eigenvalue weighted by molar-refractivity contribution is 0.109. The largest absolute Gasteiger partial charge is 0.396 e. The highest BCUT2D eigenvalue weighted by Gasteiger charge is 2.06. The minimum Gasteiger partial charge on any atom is -0.396 e. The Morgan fingerprint density at radius 1 is 1.29 bits per heavy atom. The molecule has 1 rings (SSSR count). The van der Waals surface area contributed by atoms with Gasteiger partial charge >= 0.3 is 0 Å². The fourth-order valence-electron chi connectivity index (χ4n) is 1.07. The van der Waals surface area contributed by atoms with Crippen LogP contribution in [-0.2, 0) is 0 Å². The summed E-state index contributed by atoms with van der Waals surface area (Å²) in [4.78, 5) is 22.1. The van der Waals surface area contributed by atoms with Gasteiger partial charge in [-0.05, 0) is 6.07 Å². The fourth-order valence-corrected chi connectivity index (χ4v) is 1.88.